The molecular formula is C15H17BrN2O3. The Morgan fingerprint density at radius 1 is 1.38 bits per heavy atom. The summed E-state index contributed by atoms with van der Waals surface area (Å²) in [5, 5.41) is 12.7. The molecule has 1 aromatic carbocycles. The fourth-order valence-electron chi connectivity index (χ4n) is 2.13. The van der Waals surface area contributed by atoms with Crippen LogP contribution in [0.2, 0.25) is 0 Å². The molecule has 5 nitrogen and oxygen atoms in total. The van der Waals surface area contributed by atoms with Crippen molar-refractivity contribution in [1.82, 2.24) is 10.3 Å². The second kappa shape index (κ2) is 6.30. The number of carbonyl (C=O) groups is 2. The van der Waals surface area contributed by atoms with Gasteiger partial charge in [0, 0.05) is 15.4 Å². The molecule has 0 saturated heterocycles. The van der Waals surface area contributed by atoms with Gasteiger partial charge in [0.1, 0.15) is 11.7 Å². The summed E-state index contributed by atoms with van der Waals surface area (Å²) < 4.78 is 0.920. The number of fused-ring (bicyclic) bond motifs is 1. The number of benzene rings is 1. The van der Waals surface area contributed by atoms with E-state index in [1.54, 1.807) is 13.0 Å². The third-order valence-corrected chi connectivity index (χ3v) is 4.09. The largest absolute Gasteiger partial charge is 0.480 e. The minimum absolute atomic E-state index is 0.134. The van der Waals surface area contributed by atoms with Gasteiger partial charge in [-0.3, -0.25) is 4.79 Å². The number of carboxylic acid groups (broad SMARTS) is 1. The van der Waals surface area contributed by atoms with Gasteiger partial charge < -0.3 is 15.4 Å². The van der Waals surface area contributed by atoms with Gasteiger partial charge in [-0.25, -0.2) is 4.79 Å². The van der Waals surface area contributed by atoms with E-state index in [2.05, 4.69) is 26.2 Å². The molecule has 1 amide bonds. The van der Waals surface area contributed by atoms with E-state index in [1.807, 2.05) is 25.1 Å². The average molecular weight is 353 g/mol. The lowest BCUT2D eigenvalue weighted by molar-refractivity contribution is -0.140. The minimum Gasteiger partial charge on any atom is -0.480 e. The molecule has 2 rings (SSSR count). The van der Waals surface area contributed by atoms with E-state index in [9.17, 15) is 14.7 Å². The van der Waals surface area contributed by atoms with Crippen LogP contribution in [0.15, 0.2) is 28.7 Å². The molecule has 1 heterocycles. The molecule has 0 aliphatic heterocycles. The predicted molar refractivity (Wildman–Crippen MR) is 84.3 cm³/mol. The smallest absolute Gasteiger partial charge is 0.326 e. The number of hydrogen-bond acceptors (Lipinski definition) is 2. The summed E-state index contributed by atoms with van der Waals surface area (Å²) in [6.45, 7) is 3.70. The monoisotopic (exact) mass is 352 g/mol. The van der Waals surface area contributed by atoms with Crippen molar-refractivity contribution in [1.29, 1.82) is 0 Å². The zero-order valence-electron chi connectivity index (χ0n) is 11.8. The van der Waals surface area contributed by atoms with Crippen LogP contribution in [0.25, 0.3) is 10.9 Å². The first kappa shape index (κ1) is 15.6. The van der Waals surface area contributed by atoms with E-state index in [-0.39, 0.29) is 5.92 Å². The van der Waals surface area contributed by atoms with Crippen molar-refractivity contribution in [3.63, 3.8) is 0 Å². The van der Waals surface area contributed by atoms with Gasteiger partial charge in [-0.1, -0.05) is 36.2 Å². The van der Waals surface area contributed by atoms with Gasteiger partial charge >= 0.3 is 5.97 Å². The van der Waals surface area contributed by atoms with Crippen LogP contribution in [0.5, 0.6) is 0 Å². The summed E-state index contributed by atoms with van der Waals surface area (Å²) in [5.74, 6) is -1.56. The lowest BCUT2D eigenvalue weighted by Crippen LogP contribution is -2.45. The van der Waals surface area contributed by atoms with E-state index < -0.39 is 17.9 Å². The van der Waals surface area contributed by atoms with Crippen molar-refractivity contribution in [2.24, 2.45) is 5.92 Å². The topological polar surface area (TPSA) is 82.2 Å². The molecule has 2 aromatic rings. The molecular weight excluding hydrogens is 336 g/mol. The van der Waals surface area contributed by atoms with Gasteiger partial charge in [0.05, 0.1) is 0 Å². The van der Waals surface area contributed by atoms with E-state index >= 15 is 0 Å². The second-order valence-electron chi connectivity index (χ2n) is 5.09. The van der Waals surface area contributed by atoms with Crippen LogP contribution in [-0.2, 0) is 4.79 Å². The van der Waals surface area contributed by atoms with Gasteiger partial charge in [-0.2, -0.15) is 0 Å². The predicted octanol–water partition coefficient (Wildman–Crippen LogP) is 3.16. The van der Waals surface area contributed by atoms with Crippen LogP contribution in [0.1, 0.15) is 30.8 Å². The fourth-order valence-corrected chi connectivity index (χ4v) is 2.51. The first-order chi connectivity index (χ1) is 9.92. The molecule has 0 aliphatic rings. The summed E-state index contributed by atoms with van der Waals surface area (Å²) in [6, 6.07) is 6.46. The van der Waals surface area contributed by atoms with Crippen LogP contribution in [0.3, 0.4) is 0 Å². The summed E-state index contributed by atoms with van der Waals surface area (Å²) in [4.78, 5) is 26.5. The maximum Gasteiger partial charge on any atom is 0.326 e. The number of nitrogens with one attached hydrogen (secondary N) is 2. The van der Waals surface area contributed by atoms with Crippen LogP contribution >= 0.6 is 15.9 Å². The average Bonchev–Trinajstić information content (AvgIpc) is 2.86. The Morgan fingerprint density at radius 2 is 2.10 bits per heavy atom. The van der Waals surface area contributed by atoms with Gasteiger partial charge in [-0.05, 0) is 30.2 Å². The zero-order chi connectivity index (χ0) is 15.6. The molecule has 3 N–H and O–H groups in total. The molecule has 0 aliphatic carbocycles. The lowest BCUT2D eigenvalue weighted by Gasteiger charge is -2.19. The molecule has 0 fully saturated rings. The molecule has 21 heavy (non-hydrogen) atoms. The second-order valence-corrected chi connectivity index (χ2v) is 6.01. The number of carboxylic acids is 1. The SMILES string of the molecule is CC[C@H](C)[C@H](NC(=O)c1cc2cc(Br)ccc2[nH]1)C(=O)O. The van der Waals surface area contributed by atoms with Crippen molar-refractivity contribution >= 4 is 38.7 Å². The van der Waals surface area contributed by atoms with Crippen molar-refractivity contribution < 1.29 is 14.7 Å². The van der Waals surface area contributed by atoms with Crippen LogP contribution < -0.4 is 5.32 Å². The Morgan fingerprint density at radius 3 is 2.71 bits per heavy atom. The highest BCUT2D eigenvalue weighted by molar-refractivity contribution is 9.10. The molecule has 2 atom stereocenters. The number of aliphatic carboxylic acids is 1. The van der Waals surface area contributed by atoms with E-state index in [0.717, 1.165) is 15.4 Å². The highest BCUT2D eigenvalue weighted by atomic mass is 79.9. The normalized spacial score (nSPS) is 13.9. The van der Waals surface area contributed by atoms with Gasteiger partial charge in [0.25, 0.3) is 5.91 Å². The molecule has 0 unspecified atom stereocenters. The van der Waals surface area contributed by atoms with E-state index in [4.69, 9.17) is 0 Å². The molecule has 6 heteroatoms. The molecule has 112 valence electrons. The number of halogens is 1. The van der Waals surface area contributed by atoms with Crippen molar-refractivity contribution in [2.75, 3.05) is 0 Å². The summed E-state index contributed by atoms with van der Waals surface area (Å²) >= 11 is 3.37. The van der Waals surface area contributed by atoms with Crippen molar-refractivity contribution in [3.05, 3.63) is 34.4 Å². The molecule has 0 bridgehead atoms. The number of H-pyrrole nitrogens is 1. The number of amides is 1. The van der Waals surface area contributed by atoms with Crippen LogP contribution in [0, 0.1) is 5.92 Å². The number of hydrogen-bond donors (Lipinski definition) is 3. The molecule has 1 aromatic heterocycles. The van der Waals surface area contributed by atoms with Gasteiger partial charge in [0.2, 0.25) is 0 Å². The number of rotatable bonds is 5. The first-order valence-corrected chi connectivity index (χ1v) is 7.53. The van der Waals surface area contributed by atoms with E-state index in [0.29, 0.717) is 12.1 Å². The number of aromatic amines is 1. The van der Waals surface area contributed by atoms with Crippen LogP contribution in [-0.4, -0.2) is 28.0 Å². The highest BCUT2D eigenvalue weighted by Gasteiger charge is 2.26. The molecule has 0 radical (unpaired) electrons. The third-order valence-electron chi connectivity index (χ3n) is 3.59. The maximum atomic E-state index is 12.2. The summed E-state index contributed by atoms with van der Waals surface area (Å²) in [7, 11) is 0. The van der Waals surface area contributed by atoms with E-state index in [1.165, 1.54) is 0 Å². The quantitative estimate of drug-likeness (QED) is 0.772. The lowest BCUT2D eigenvalue weighted by atomic mass is 9.99. The first-order valence-electron chi connectivity index (χ1n) is 6.74. The summed E-state index contributed by atoms with van der Waals surface area (Å²) in [5.41, 5.74) is 1.19. The molecule has 0 saturated carbocycles. The Balaban J connectivity index is 2.23. The van der Waals surface area contributed by atoms with Crippen molar-refractivity contribution in [2.45, 2.75) is 26.3 Å². The molecule has 0 spiro atoms. The third kappa shape index (κ3) is 3.44. The van der Waals surface area contributed by atoms with Gasteiger partial charge in [-0.15, -0.1) is 0 Å². The Labute approximate surface area is 130 Å². The maximum absolute atomic E-state index is 12.2. The highest BCUT2D eigenvalue weighted by Crippen LogP contribution is 2.20. The number of aromatic nitrogens is 1. The Bertz CT molecular complexity index is 681. The standard InChI is InChI=1S/C15H17BrN2O3/c1-3-8(2)13(15(20)21)18-14(19)12-7-9-6-10(16)4-5-11(9)17-12/h4-8,13,17H,3H2,1-2H3,(H,18,19)(H,20,21)/t8-,13-/m0/s1. The number of carbonyl (C=O) groups excluding carboxylic acids is 1. The van der Waals surface area contributed by atoms with Crippen molar-refractivity contribution in [3.8, 4) is 0 Å². The Hall–Kier alpha value is -1.82. The van der Waals surface area contributed by atoms with Crippen LogP contribution in [0.4, 0.5) is 0 Å². The zero-order valence-corrected chi connectivity index (χ0v) is 13.4. The summed E-state index contributed by atoms with van der Waals surface area (Å²) in [6.07, 6.45) is 0.677. The minimum atomic E-state index is -1.02. The van der Waals surface area contributed by atoms with Gasteiger partial charge in [0.15, 0.2) is 0 Å². The Kier molecular flexibility index (Phi) is 4.67. The fraction of sp³-hybridized carbons (Fsp3) is 0.333.